The first kappa shape index (κ1) is 16.8. The zero-order valence-electron chi connectivity index (χ0n) is 13.0. The van der Waals surface area contributed by atoms with E-state index in [0.717, 1.165) is 5.69 Å². The van der Waals surface area contributed by atoms with Gasteiger partial charge in [0, 0.05) is 10.9 Å². The molecule has 0 radical (unpaired) electrons. The first-order valence-electron chi connectivity index (χ1n) is 6.75. The molecule has 0 bridgehead atoms. The van der Waals surface area contributed by atoms with Crippen molar-refractivity contribution in [2.45, 2.75) is 6.92 Å². The third-order valence-electron chi connectivity index (χ3n) is 2.92. The van der Waals surface area contributed by atoms with E-state index < -0.39 is 0 Å². The monoisotopic (exact) mass is 335 g/mol. The summed E-state index contributed by atoms with van der Waals surface area (Å²) in [7, 11) is 3.01. The lowest BCUT2D eigenvalue weighted by atomic mass is 10.2. The van der Waals surface area contributed by atoms with Gasteiger partial charge in [0.2, 0.25) is 5.91 Å². The normalized spacial score (nSPS) is 10.0. The van der Waals surface area contributed by atoms with E-state index in [4.69, 9.17) is 9.47 Å². The molecule has 0 saturated heterocycles. The molecule has 122 valence electrons. The lowest BCUT2D eigenvalue weighted by molar-refractivity contribution is -0.115. The lowest BCUT2D eigenvalue weighted by Gasteiger charge is -2.09. The molecular weight excluding hydrogens is 318 g/mol. The summed E-state index contributed by atoms with van der Waals surface area (Å²) in [5.74, 6) is 0.258. The fourth-order valence-corrected chi connectivity index (χ4v) is 2.52. The molecule has 0 saturated carbocycles. The van der Waals surface area contributed by atoms with Crippen molar-refractivity contribution in [2.75, 3.05) is 26.1 Å². The van der Waals surface area contributed by atoms with Crippen LogP contribution in [0, 0.1) is 6.92 Å². The number of methoxy groups -OCH3 is 2. The first-order chi connectivity index (χ1) is 11.0. The van der Waals surface area contributed by atoms with Gasteiger partial charge in [-0.3, -0.25) is 9.59 Å². The predicted molar refractivity (Wildman–Crippen MR) is 87.4 cm³/mol. The molecule has 2 N–H and O–H groups in total. The highest BCUT2D eigenvalue weighted by Crippen LogP contribution is 2.27. The molecule has 8 heteroatoms. The van der Waals surface area contributed by atoms with Crippen LogP contribution in [0.2, 0.25) is 0 Å². The number of carbonyl (C=O) groups excluding carboxylic acids is 2. The molecule has 0 unspecified atom stereocenters. The van der Waals surface area contributed by atoms with E-state index in [9.17, 15) is 9.59 Å². The lowest BCUT2D eigenvalue weighted by Crippen LogP contribution is -2.32. The molecule has 0 spiro atoms. The standard InChI is InChI=1S/C15H17N3O4S/c1-9-8-23-15(17-9)18-13(19)7-16-14(20)10-4-5-11(21-2)12(6-10)22-3/h4-6,8H,7H2,1-3H3,(H,16,20)(H,17,18,19). The quantitative estimate of drug-likeness (QED) is 0.841. The van der Waals surface area contributed by atoms with Crippen molar-refractivity contribution in [3.05, 3.63) is 34.8 Å². The molecule has 7 nitrogen and oxygen atoms in total. The van der Waals surface area contributed by atoms with E-state index in [-0.39, 0.29) is 18.4 Å². The van der Waals surface area contributed by atoms with E-state index in [1.165, 1.54) is 25.6 Å². The van der Waals surface area contributed by atoms with E-state index >= 15 is 0 Å². The van der Waals surface area contributed by atoms with E-state index in [1.807, 2.05) is 12.3 Å². The molecule has 0 aliphatic carbocycles. The molecule has 2 rings (SSSR count). The van der Waals surface area contributed by atoms with Crippen LogP contribution in [-0.2, 0) is 4.79 Å². The molecule has 0 atom stereocenters. The Kier molecular flexibility index (Phi) is 5.53. The van der Waals surface area contributed by atoms with Gasteiger partial charge >= 0.3 is 0 Å². The SMILES string of the molecule is COc1ccc(C(=O)NCC(=O)Nc2nc(C)cs2)cc1OC. The number of amides is 2. The second-order valence-electron chi connectivity index (χ2n) is 4.59. The van der Waals surface area contributed by atoms with Crippen molar-refractivity contribution in [3.63, 3.8) is 0 Å². The molecule has 1 aromatic carbocycles. The minimum Gasteiger partial charge on any atom is -0.493 e. The second-order valence-corrected chi connectivity index (χ2v) is 5.45. The number of thiazole rings is 1. The number of ether oxygens (including phenoxy) is 2. The van der Waals surface area contributed by atoms with Crippen LogP contribution in [0.1, 0.15) is 16.1 Å². The van der Waals surface area contributed by atoms with Gasteiger partial charge < -0.3 is 20.1 Å². The molecule has 0 aliphatic heterocycles. The van der Waals surface area contributed by atoms with Gasteiger partial charge in [-0.2, -0.15) is 0 Å². The van der Waals surface area contributed by atoms with Crippen LogP contribution < -0.4 is 20.1 Å². The van der Waals surface area contributed by atoms with Gasteiger partial charge in [0.25, 0.3) is 5.91 Å². The van der Waals surface area contributed by atoms with Crippen LogP contribution in [0.25, 0.3) is 0 Å². The van der Waals surface area contributed by atoms with Crippen molar-refractivity contribution < 1.29 is 19.1 Å². The smallest absolute Gasteiger partial charge is 0.251 e. The van der Waals surface area contributed by atoms with Gasteiger partial charge in [0.1, 0.15) is 0 Å². The number of anilines is 1. The zero-order chi connectivity index (χ0) is 16.8. The Labute approximate surface area is 137 Å². The summed E-state index contributed by atoms with van der Waals surface area (Å²) in [6.45, 7) is 1.69. The van der Waals surface area contributed by atoms with Gasteiger partial charge in [-0.25, -0.2) is 4.98 Å². The Morgan fingerprint density at radius 1 is 1.22 bits per heavy atom. The van der Waals surface area contributed by atoms with Crippen molar-refractivity contribution in [1.29, 1.82) is 0 Å². The fourth-order valence-electron chi connectivity index (χ4n) is 1.81. The highest BCUT2D eigenvalue weighted by atomic mass is 32.1. The Morgan fingerprint density at radius 2 is 1.96 bits per heavy atom. The molecule has 1 heterocycles. The number of aromatic nitrogens is 1. The van der Waals surface area contributed by atoms with E-state index in [0.29, 0.717) is 22.2 Å². The molecule has 1 aromatic heterocycles. The minimum absolute atomic E-state index is 0.147. The summed E-state index contributed by atoms with van der Waals surface area (Å²) in [5.41, 5.74) is 1.21. The average Bonchev–Trinajstić information content (AvgIpc) is 2.96. The molecule has 2 aromatic rings. The number of rotatable bonds is 6. The average molecular weight is 335 g/mol. The van der Waals surface area contributed by atoms with Gasteiger partial charge in [0.15, 0.2) is 16.6 Å². The molecular formula is C15H17N3O4S. The van der Waals surface area contributed by atoms with Crippen LogP contribution in [0.3, 0.4) is 0 Å². The number of nitrogens with zero attached hydrogens (tertiary/aromatic N) is 1. The third kappa shape index (κ3) is 4.43. The summed E-state index contributed by atoms with van der Waals surface area (Å²) < 4.78 is 10.3. The van der Waals surface area contributed by atoms with Crippen molar-refractivity contribution in [3.8, 4) is 11.5 Å². The van der Waals surface area contributed by atoms with Crippen LogP contribution in [0.4, 0.5) is 5.13 Å². The Bertz CT molecular complexity index is 714. The summed E-state index contributed by atoms with van der Waals surface area (Å²) >= 11 is 1.33. The minimum atomic E-state index is -0.378. The second kappa shape index (κ2) is 7.59. The largest absolute Gasteiger partial charge is 0.493 e. The number of nitrogens with one attached hydrogen (secondary N) is 2. The number of carbonyl (C=O) groups is 2. The van der Waals surface area contributed by atoms with Crippen molar-refractivity contribution in [1.82, 2.24) is 10.3 Å². The van der Waals surface area contributed by atoms with E-state index in [1.54, 1.807) is 18.2 Å². The van der Waals surface area contributed by atoms with E-state index in [2.05, 4.69) is 15.6 Å². The highest BCUT2D eigenvalue weighted by molar-refractivity contribution is 7.13. The van der Waals surface area contributed by atoms with Crippen LogP contribution in [0.5, 0.6) is 11.5 Å². The summed E-state index contributed by atoms with van der Waals surface area (Å²) in [6.07, 6.45) is 0. The Morgan fingerprint density at radius 3 is 2.57 bits per heavy atom. The zero-order valence-corrected chi connectivity index (χ0v) is 13.8. The third-order valence-corrected chi connectivity index (χ3v) is 3.80. The topological polar surface area (TPSA) is 89.5 Å². The van der Waals surface area contributed by atoms with Crippen LogP contribution >= 0.6 is 11.3 Å². The predicted octanol–water partition coefficient (Wildman–Crippen LogP) is 1.84. The van der Waals surface area contributed by atoms with Crippen molar-refractivity contribution >= 4 is 28.3 Å². The Hall–Kier alpha value is -2.61. The number of hydrogen-bond acceptors (Lipinski definition) is 6. The molecule has 2 amide bonds. The highest BCUT2D eigenvalue weighted by Gasteiger charge is 2.12. The number of benzene rings is 1. The maximum Gasteiger partial charge on any atom is 0.251 e. The van der Waals surface area contributed by atoms with Gasteiger partial charge in [-0.15, -0.1) is 11.3 Å². The summed E-state index contributed by atoms with van der Waals surface area (Å²) in [4.78, 5) is 28.0. The maximum absolute atomic E-state index is 12.1. The summed E-state index contributed by atoms with van der Waals surface area (Å²) in [5, 5.41) is 7.50. The number of hydrogen-bond donors (Lipinski definition) is 2. The molecule has 23 heavy (non-hydrogen) atoms. The van der Waals surface area contributed by atoms with Crippen LogP contribution in [0.15, 0.2) is 23.6 Å². The molecule has 0 aliphatic rings. The number of aryl methyl sites for hydroxylation is 1. The molecule has 0 fully saturated rings. The Balaban J connectivity index is 1.92. The maximum atomic E-state index is 12.1. The first-order valence-corrected chi connectivity index (χ1v) is 7.63. The van der Waals surface area contributed by atoms with Gasteiger partial charge in [-0.1, -0.05) is 0 Å². The fraction of sp³-hybridized carbons (Fsp3) is 0.267. The van der Waals surface area contributed by atoms with Crippen LogP contribution in [-0.4, -0.2) is 37.6 Å². The summed E-state index contributed by atoms with van der Waals surface area (Å²) in [6, 6.07) is 4.78. The van der Waals surface area contributed by atoms with Gasteiger partial charge in [0.05, 0.1) is 26.5 Å². The van der Waals surface area contributed by atoms with Crippen molar-refractivity contribution in [2.24, 2.45) is 0 Å². The van der Waals surface area contributed by atoms with Gasteiger partial charge in [-0.05, 0) is 25.1 Å².